The standard InChI is InChI=1S/C29H25N3O4/c1-18-14-15-22-24(16-18)29(36)32(28(22)35)25-13-6-5-12-23(25)27(34)31-21-11-7-10-20(17-21)30-26(33)19-8-3-2-4-9-19/h2-14,17,22,24H,15-16H2,1H3,(H,30,33)(H,31,34)/t22-,24-/m0/s1. The molecular formula is C29H25N3O4. The second kappa shape index (κ2) is 9.62. The first-order valence-corrected chi connectivity index (χ1v) is 11.8. The van der Waals surface area contributed by atoms with Gasteiger partial charge in [-0.15, -0.1) is 0 Å². The third kappa shape index (κ3) is 4.43. The summed E-state index contributed by atoms with van der Waals surface area (Å²) in [6.45, 7) is 1.97. The van der Waals surface area contributed by atoms with Crippen LogP contribution >= 0.6 is 0 Å². The molecule has 36 heavy (non-hydrogen) atoms. The van der Waals surface area contributed by atoms with E-state index in [1.54, 1.807) is 72.8 Å². The van der Waals surface area contributed by atoms with Crippen molar-refractivity contribution in [1.29, 1.82) is 0 Å². The Balaban J connectivity index is 1.35. The fourth-order valence-corrected chi connectivity index (χ4v) is 4.80. The van der Waals surface area contributed by atoms with E-state index in [0.29, 0.717) is 29.8 Å². The molecule has 2 N–H and O–H groups in total. The van der Waals surface area contributed by atoms with Gasteiger partial charge < -0.3 is 10.6 Å². The zero-order chi connectivity index (χ0) is 25.2. The van der Waals surface area contributed by atoms with Gasteiger partial charge in [0.15, 0.2) is 0 Å². The highest BCUT2D eigenvalue weighted by molar-refractivity contribution is 6.25. The summed E-state index contributed by atoms with van der Waals surface area (Å²) in [4.78, 5) is 53.3. The van der Waals surface area contributed by atoms with Crippen molar-refractivity contribution in [2.24, 2.45) is 11.8 Å². The molecule has 3 aromatic carbocycles. The number of benzene rings is 3. The lowest BCUT2D eigenvalue weighted by molar-refractivity contribution is -0.122. The molecule has 0 unspecified atom stereocenters. The number of anilines is 3. The molecule has 3 aromatic rings. The smallest absolute Gasteiger partial charge is 0.257 e. The van der Waals surface area contributed by atoms with Gasteiger partial charge >= 0.3 is 0 Å². The maximum Gasteiger partial charge on any atom is 0.257 e. The largest absolute Gasteiger partial charge is 0.322 e. The van der Waals surface area contributed by atoms with E-state index in [9.17, 15) is 19.2 Å². The summed E-state index contributed by atoms with van der Waals surface area (Å²) in [7, 11) is 0. The van der Waals surface area contributed by atoms with Gasteiger partial charge in [-0.2, -0.15) is 0 Å². The topological polar surface area (TPSA) is 95.6 Å². The van der Waals surface area contributed by atoms with Crippen LogP contribution in [0.3, 0.4) is 0 Å². The number of carbonyl (C=O) groups excluding carboxylic acids is 4. The van der Waals surface area contributed by atoms with E-state index in [0.717, 1.165) is 5.57 Å². The Labute approximate surface area is 208 Å². The lowest BCUT2D eigenvalue weighted by Crippen LogP contribution is -2.33. The van der Waals surface area contributed by atoms with Crippen LogP contribution in [-0.4, -0.2) is 23.6 Å². The van der Waals surface area contributed by atoms with Gasteiger partial charge in [0.25, 0.3) is 11.8 Å². The first kappa shape index (κ1) is 23.2. The maximum atomic E-state index is 13.3. The summed E-state index contributed by atoms with van der Waals surface area (Å²) < 4.78 is 0. The number of amides is 4. The minimum absolute atomic E-state index is 0.223. The van der Waals surface area contributed by atoms with Gasteiger partial charge in [-0.1, -0.05) is 48.0 Å². The molecular weight excluding hydrogens is 454 g/mol. The summed E-state index contributed by atoms with van der Waals surface area (Å²) in [6.07, 6.45) is 3.10. The number of hydrogen-bond acceptors (Lipinski definition) is 4. The number of nitrogens with zero attached hydrogens (tertiary/aromatic N) is 1. The van der Waals surface area contributed by atoms with Gasteiger partial charge in [0.1, 0.15) is 0 Å². The summed E-state index contributed by atoms with van der Waals surface area (Å²) in [5.41, 5.74) is 3.11. The molecule has 1 saturated heterocycles. The van der Waals surface area contributed by atoms with Gasteiger partial charge in [0, 0.05) is 16.9 Å². The molecule has 1 fully saturated rings. The van der Waals surface area contributed by atoms with Crippen LogP contribution in [0, 0.1) is 11.8 Å². The van der Waals surface area contributed by atoms with Crippen molar-refractivity contribution in [3.05, 3.63) is 102 Å². The Morgan fingerprint density at radius 1 is 0.778 bits per heavy atom. The SMILES string of the molecule is CC1=CC[C@@H]2C(=O)N(c3ccccc3C(=O)Nc3cccc(NC(=O)c4ccccc4)c3)C(=O)[C@H]2C1. The van der Waals surface area contributed by atoms with Crippen molar-refractivity contribution in [1.82, 2.24) is 0 Å². The highest BCUT2D eigenvalue weighted by atomic mass is 16.2. The molecule has 0 saturated carbocycles. The molecule has 2 atom stereocenters. The number of imide groups is 1. The lowest BCUT2D eigenvalue weighted by Gasteiger charge is -2.19. The second-order valence-electron chi connectivity index (χ2n) is 9.09. The highest BCUT2D eigenvalue weighted by Crippen LogP contribution is 2.40. The average molecular weight is 480 g/mol. The van der Waals surface area contributed by atoms with Crippen molar-refractivity contribution < 1.29 is 19.2 Å². The third-order valence-corrected chi connectivity index (χ3v) is 6.63. The summed E-state index contributed by atoms with van der Waals surface area (Å²) >= 11 is 0. The molecule has 4 amide bonds. The van der Waals surface area contributed by atoms with Crippen LogP contribution < -0.4 is 15.5 Å². The molecule has 1 heterocycles. The van der Waals surface area contributed by atoms with E-state index in [2.05, 4.69) is 10.6 Å². The van der Waals surface area contributed by atoms with E-state index in [4.69, 9.17) is 0 Å². The number of carbonyl (C=O) groups is 4. The molecule has 5 rings (SSSR count). The summed E-state index contributed by atoms with van der Waals surface area (Å²) in [5.74, 6) is -2.02. The van der Waals surface area contributed by atoms with Crippen LogP contribution in [-0.2, 0) is 9.59 Å². The van der Waals surface area contributed by atoms with Gasteiger partial charge in [-0.3, -0.25) is 19.2 Å². The number of rotatable bonds is 5. The highest BCUT2D eigenvalue weighted by Gasteiger charge is 2.49. The quantitative estimate of drug-likeness (QED) is 0.396. The van der Waals surface area contributed by atoms with Gasteiger partial charge in [-0.25, -0.2) is 4.90 Å². The Morgan fingerprint density at radius 2 is 1.42 bits per heavy atom. The predicted molar refractivity (Wildman–Crippen MR) is 138 cm³/mol. The third-order valence-electron chi connectivity index (χ3n) is 6.63. The van der Waals surface area contributed by atoms with Crippen LogP contribution in [0.5, 0.6) is 0 Å². The molecule has 2 aliphatic rings. The van der Waals surface area contributed by atoms with Crippen LogP contribution in [0.25, 0.3) is 0 Å². The van der Waals surface area contributed by atoms with E-state index < -0.39 is 5.91 Å². The van der Waals surface area contributed by atoms with Crippen LogP contribution in [0.2, 0.25) is 0 Å². The monoisotopic (exact) mass is 479 g/mol. The summed E-state index contributed by atoms with van der Waals surface area (Å²) in [5, 5.41) is 5.64. The zero-order valence-electron chi connectivity index (χ0n) is 19.7. The number of hydrogen-bond donors (Lipinski definition) is 2. The van der Waals surface area contributed by atoms with Crippen molar-refractivity contribution in [3.63, 3.8) is 0 Å². The minimum Gasteiger partial charge on any atom is -0.322 e. The fourth-order valence-electron chi connectivity index (χ4n) is 4.80. The van der Waals surface area contributed by atoms with E-state index in [-0.39, 0.29) is 40.8 Å². The van der Waals surface area contributed by atoms with Gasteiger partial charge in [0.2, 0.25) is 11.8 Å². The van der Waals surface area contributed by atoms with Crippen molar-refractivity contribution in [2.45, 2.75) is 19.8 Å². The van der Waals surface area contributed by atoms with Crippen molar-refractivity contribution >= 4 is 40.7 Å². The average Bonchev–Trinajstić information content (AvgIpc) is 3.13. The Hall–Kier alpha value is -4.52. The second-order valence-corrected chi connectivity index (χ2v) is 9.09. The number of nitrogens with one attached hydrogen (secondary N) is 2. The molecule has 1 aliphatic heterocycles. The normalized spacial score (nSPS) is 18.9. The van der Waals surface area contributed by atoms with Crippen LogP contribution in [0.15, 0.2) is 90.5 Å². The molecule has 7 nitrogen and oxygen atoms in total. The summed E-state index contributed by atoms with van der Waals surface area (Å²) in [6, 6.07) is 22.2. The molecule has 0 spiro atoms. The van der Waals surface area contributed by atoms with Crippen molar-refractivity contribution in [3.8, 4) is 0 Å². The molecule has 180 valence electrons. The van der Waals surface area contributed by atoms with Crippen molar-refractivity contribution in [2.75, 3.05) is 15.5 Å². The Kier molecular flexibility index (Phi) is 6.21. The van der Waals surface area contributed by atoms with Gasteiger partial charge in [0.05, 0.1) is 23.1 Å². The van der Waals surface area contributed by atoms with E-state index in [1.165, 1.54) is 4.90 Å². The van der Waals surface area contributed by atoms with E-state index in [1.807, 2.05) is 19.1 Å². The Morgan fingerprint density at radius 3 is 2.17 bits per heavy atom. The fraction of sp³-hybridized carbons (Fsp3) is 0.172. The van der Waals surface area contributed by atoms with Gasteiger partial charge in [-0.05, 0) is 62.2 Å². The van der Waals surface area contributed by atoms with Crippen LogP contribution in [0.4, 0.5) is 17.1 Å². The Bertz CT molecular complexity index is 1400. The number of fused-ring (bicyclic) bond motifs is 1. The molecule has 0 radical (unpaired) electrons. The van der Waals surface area contributed by atoms with E-state index >= 15 is 0 Å². The lowest BCUT2D eigenvalue weighted by atomic mass is 9.82. The molecule has 7 heteroatoms. The molecule has 1 aliphatic carbocycles. The minimum atomic E-state index is -0.457. The number of allylic oxidation sites excluding steroid dienone is 2. The first-order valence-electron chi connectivity index (χ1n) is 11.8. The molecule has 0 aromatic heterocycles. The number of para-hydroxylation sites is 1. The predicted octanol–water partition coefficient (Wildman–Crippen LogP) is 5.04. The maximum absolute atomic E-state index is 13.3. The van der Waals surface area contributed by atoms with Crippen LogP contribution in [0.1, 0.15) is 40.5 Å². The zero-order valence-corrected chi connectivity index (χ0v) is 19.7. The molecule has 0 bridgehead atoms. The first-order chi connectivity index (χ1) is 17.4.